The fourth-order valence-electron chi connectivity index (χ4n) is 3.43. The van der Waals surface area contributed by atoms with E-state index in [1.165, 1.54) is 45.6 Å². The zero-order valence-electron chi connectivity index (χ0n) is 16.1. The molecule has 0 N–H and O–H groups in total. The van der Waals surface area contributed by atoms with Gasteiger partial charge >= 0.3 is 5.00 Å². The zero-order chi connectivity index (χ0) is 21.6. The zero-order valence-corrected chi connectivity index (χ0v) is 16.8. The lowest BCUT2D eigenvalue weighted by Crippen LogP contribution is -2.51. The molecule has 2 aromatic rings. The summed E-state index contributed by atoms with van der Waals surface area (Å²) in [7, 11) is 4.21. The Kier molecular flexibility index (Phi) is 4.73. The van der Waals surface area contributed by atoms with E-state index in [1.54, 1.807) is 0 Å². The first kappa shape index (κ1) is 19.9. The SMILES string of the molecule is COc1cc([C@@H]2Oc3cc4c(cc3C(=O)[C@@]2(Cl)[N+](=O)[O-])OCO4)cc(OC)c1OC. The summed E-state index contributed by atoms with van der Waals surface area (Å²) in [5.74, 6) is 0.501. The highest BCUT2D eigenvalue weighted by molar-refractivity contribution is 6.37. The highest BCUT2D eigenvalue weighted by atomic mass is 35.5. The Morgan fingerprint density at radius 2 is 1.63 bits per heavy atom. The largest absolute Gasteiger partial charge is 0.493 e. The quantitative estimate of drug-likeness (QED) is 0.301. The van der Waals surface area contributed by atoms with E-state index >= 15 is 0 Å². The van der Waals surface area contributed by atoms with Crippen molar-refractivity contribution in [2.45, 2.75) is 11.1 Å². The lowest BCUT2D eigenvalue weighted by atomic mass is 9.90. The first-order valence-corrected chi connectivity index (χ1v) is 9.01. The number of ketones is 1. The molecule has 158 valence electrons. The minimum absolute atomic E-state index is 0.0377. The van der Waals surface area contributed by atoms with Gasteiger partial charge in [-0.05, 0) is 29.8 Å². The predicted octanol–water partition coefficient (Wildman–Crippen LogP) is 2.97. The van der Waals surface area contributed by atoms with Gasteiger partial charge in [0.1, 0.15) is 5.75 Å². The maximum atomic E-state index is 13.2. The van der Waals surface area contributed by atoms with Crippen molar-refractivity contribution in [3.8, 4) is 34.5 Å². The molecule has 2 aliphatic heterocycles. The van der Waals surface area contributed by atoms with Gasteiger partial charge in [0.25, 0.3) is 5.78 Å². The van der Waals surface area contributed by atoms with Crippen LogP contribution in [0.15, 0.2) is 24.3 Å². The molecule has 11 heteroatoms. The van der Waals surface area contributed by atoms with Gasteiger partial charge in [-0.15, -0.1) is 0 Å². The van der Waals surface area contributed by atoms with Crippen molar-refractivity contribution in [3.05, 3.63) is 45.5 Å². The Bertz CT molecular complexity index is 1030. The number of alkyl halides is 1. The van der Waals surface area contributed by atoms with Crippen LogP contribution in [0.4, 0.5) is 0 Å². The summed E-state index contributed by atoms with van der Waals surface area (Å²) < 4.78 is 32.3. The molecule has 2 aromatic carbocycles. The van der Waals surface area contributed by atoms with Crippen LogP contribution in [0.3, 0.4) is 0 Å². The van der Waals surface area contributed by atoms with Crippen LogP contribution in [0.25, 0.3) is 0 Å². The molecule has 2 heterocycles. The van der Waals surface area contributed by atoms with Gasteiger partial charge < -0.3 is 28.4 Å². The Balaban J connectivity index is 1.91. The molecular formula is C19H16ClNO9. The summed E-state index contributed by atoms with van der Waals surface area (Å²) in [6.07, 6.45) is -1.50. The predicted molar refractivity (Wildman–Crippen MR) is 102 cm³/mol. The van der Waals surface area contributed by atoms with E-state index in [0.29, 0.717) is 5.75 Å². The number of Topliss-reactive ketones (excluding diaryl/α,β-unsaturated/α-hetero) is 1. The van der Waals surface area contributed by atoms with Crippen molar-refractivity contribution in [1.82, 2.24) is 0 Å². The first-order chi connectivity index (χ1) is 14.3. The van der Waals surface area contributed by atoms with Crippen LogP contribution in [0.1, 0.15) is 22.0 Å². The highest BCUT2D eigenvalue weighted by Gasteiger charge is 2.62. The van der Waals surface area contributed by atoms with Gasteiger partial charge in [-0.2, -0.15) is 0 Å². The third-order valence-corrected chi connectivity index (χ3v) is 5.39. The number of rotatable bonds is 5. The smallest absolute Gasteiger partial charge is 0.397 e. The maximum absolute atomic E-state index is 13.2. The molecule has 0 saturated carbocycles. The lowest BCUT2D eigenvalue weighted by Gasteiger charge is -2.33. The summed E-state index contributed by atoms with van der Waals surface area (Å²) in [6, 6.07) is 5.65. The number of hydrogen-bond acceptors (Lipinski definition) is 9. The Hall–Kier alpha value is -3.40. The molecule has 30 heavy (non-hydrogen) atoms. The van der Waals surface area contributed by atoms with Crippen LogP contribution in [0, 0.1) is 10.1 Å². The normalized spacial score (nSPS) is 21.5. The summed E-state index contributed by atoms with van der Waals surface area (Å²) in [6.45, 7) is -0.0377. The highest BCUT2D eigenvalue weighted by Crippen LogP contribution is 2.51. The molecule has 0 radical (unpaired) electrons. The third kappa shape index (κ3) is 2.75. The van der Waals surface area contributed by atoms with Crippen LogP contribution >= 0.6 is 11.6 Å². The van der Waals surface area contributed by atoms with Crippen molar-refractivity contribution in [3.63, 3.8) is 0 Å². The summed E-state index contributed by atoms with van der Waals surface area (Å²) in [5, 5.41) is 12.0. The molecule has 0 unspecified atom stereocenters. The summed E-state index contributed by atoms with van der Waals surface area (Å²) in [4.78, 5) is 21.6. The molecule has 0 bridgehead atoms. The van der Waals surface area contributed by atoms with E-state index < -0.39 is 21.8 Å². The molecule has 0 aromatic heterocycles. The van der Waals surface area contributed by atoms with Gasteiger partial charge in [0.15, 0.2) is 23.0 Å². The first-order valence-electron chi connectivity index (χ1n) is 8.63. The van der Waals surface area contributed by atoms with Crippen LogP contribution in [0.5, 0.6) is 34.5 Å². The maximum Gasteiger partial charge on any atom is 0.397 e. The van der Waals surface area contributed by atoms with E-state index in [0.717, 1.165) is 0 Å². The number of carbonyl (C=O) groups is 1. The number of nitro groups is 1. The number of nitrogens with zero attached hydrogens (tertiary/aromatic N) is 1. The van der Waals surface area contributed by atoms with Gasteiger partial charge in [0.05, 0.1) is 31.8 Å². The number of methoxy groups -OCH3 is 3. The summed E-state index contributed by atoms with van der Waals surface area (Å²) >= 11 is 6.35. The Morgan fingerprint density at radius 3 is 2.17 bits per heavy atom. The van der Waals surface area contributed by atoms with Crippen LogP contribution in [-0.2, 0) is 0 Å². The van der Waals surface area contributed by atoms with Gasteiger partial charge in [0.2, 0.25) is 18.6 Å². The molecule has 0 spiro atoms. The number of fused-ring (bicyclic) bond motifs is 2. The fraction of sp³-hybridized carbons (Fsp3) is 0.316. The number of carbonyl (C=O) groups excluding carboxylic acids is 1. The van der Waals surface area contributed by atoms with Crippen LogP contribution in [0.2, 0.25) is 0 Å². The van der Waals surface area contributed by atoms with Crippen molar-refractivity contribution >= 4 is 17.4 Å². The van der Waals surface area contributed by atoms with Crippen molar-refractivity contribution in [2.24, 2.45) is 0 Å². The van der Waals surface area contributed by atoms with Gasteiger partial charge in [-0.1, -0.05) is 0 Å². The second-order valence-corrected chi connectivity index (χ2v) is 6.99. The molecule has 2 atom stereocenters. The molecule has 10 nitrogen and oxygen atoms in total. The average molecular weight is 438 g/mol. The van der Waals surface area contributed by atoms with Crippen molar-refractivity contribution in [1.29, 1.82) is 0 Å². The number of ether oxygens (including phenoxy) is 6. The number of hydrogen-bond donors (Lipinski definition) is 0. The molecular weight excluding hydrogens is 422 g/mol. The van der Waals surface area contributed by atoms with Gasteiger partial charge in [-0.25, -0.2) is 0 Å². The topological polar surface area (TPSA) is 116 Å². The molecule has 0 aliphatic carbocycles. The molecule has 0 amide bonds. The van der Waals surface area contributed by atoms with E-state index in [2.05, 4.69) is 0 Å². The molecule has 2 aliphatic rings. The third-order valence-electron chi connectivity index (χ3n) is 4.89. The van der Waals surface area contributed by atoms with Crippen molar-refractivity contribution in [2.75, 3.05) is 28.1 Å². The van der Waals surface area contributed by atoms with E-state index in [9.17, 15) is 14.9 Å². The molecule has 0 saturated heterocycles. The number of halogens is 1. The van der Waals surface area contributed by atoms with Gasteiger partial charge in [0, 0.05) is 11.6 Å². The molecule has 0 fully saturated rings. The molecule has 4 rings (SSSR count). The average Bonchev–Trinajstić information content (AvgIpc) is 3.21. The van der Waals surface area contributed by atoms with Crippen LogP contribution < -0.4 is 28.4 Å². The minimum atomic E-state index is -2.63. The van der Waals surface area contributed by atoms with E-state index in [-0.39, 0.29) is 46.7 Å². The van der Waals surface area contributed by atoms with Crippen molar-refractivity contribution < 1.29 is 38.1 Å². The monoisotopic (exact) mass is 437 g/mol. The number of benzene rings is 2. The van der Waals surface area contributed by atoms with Crippen LogP contribution in [-0.4, -0.2) is 43.8 Å². The van der Waals surface area contributed by atoms with Gasteiger partial charge in [-0.3, -0.25) is 14.9 Å². The summed E-state index contributed by atoms with van der Waals surface area (Å²) in [5.41, 5.74) is 0.113. The van der Waals surface area contributed by atoms with E-state index in [1.807, 2.05) is 0 Å². The Morgan fingerprint density at radius 1 is 1.03 bits per heavy atom. The lowest BCUT2D eigenvalue weighted by molar-refractivity contribution is -0.536. The Labute approximate surface area is 175 Å². The second-order valence-electron chi connectivity index (χ2n) is 6.42. The second kappa shape index (κ2) is 7.13. The standard InChI is InChI=1S/C19H16ClNO9/c1-25-14-4-9(5-15(26-2)16(14)27-3)18-19(20,21(23)24)17(22)10-6-12-13(29-8-28-12)7-11(10)30-18/h4-7,18H,8H2,1-3H3/t18-,19+/m0/s1. The fourth-order valence-corrected chi connectivity index (χ4v) is 3.70. The van der Waals surface area contributed by atoms with E-state index in [4.69, 9.17) is 40.0 Å². The minimum Gasteiger partial charge on any atom is -0.493 e.